The molecule has 0 unspecified atom stereocenters. The van der Waals surface area contributed by atoms with E-state index in [0.717, 1.165) is 12.8 Å². The Hall–Kier alpha value is -1.55. The van der Waals surface area contributed by atoms with Crippen LogP contribution in [0, 0.1) is 0 Å². The Bertz CT molecular complexity index is 593. The minimum Gasteiger partial charge on any atom is -0.423 e. The fourth-order valence-corrected chi connectivity index (χ4v) is 2.84. The lowest BCUT2D eigenvalue weighted by atomic mass is 9.77. The van der Waals surface area contributed by atoms with E-state index >= 15 is 0 Å². The summed E-state index contributed by atoms with van der Waals surface area (Å²) in [4.78, 5) is 23.4. The molecule has 1 aromatic carbocycles. The first-order valence-electron chi connectivity index (χ1n) is 6.80. The number of hydrogen-bond donors (Lipinski definition) is 5. The zero-order chi connectivity index (χ0) is 16.3. The smallest absolute Gasteiger partial charge is 0.423 e. The van der Waals surface area contributed by atoms with Crippen molar-refractivity contribution in [3.05, 3.63) is 17.7 Å². The molecule has 0 aromatic heterocycles. The molecule has 0 saturated heterocycles. The summed E-state index contributed by atoms with van der Waals surface area (Å²) in [6.45, 7) is 2.09. The third-order valence-electron chi connectivity index (χ3n) is 3.51. The Morgan fingerprint density at radius 2 is 2.09 bits per heavy atom. The molecule has 1 aliphatic rings. The number of rotatable bonds is 7. The van der Waals surface area contributed by atoms with Gasteiger partial charge in [0.05, 0.1) is 11.3 Å². The van der Waals surface area contributed by atoms with Gasteiger partial charge in [-0.1, -0.05) is 0 Å². The van der Waals surface area contributed by atoms with Crippen molar-refractivity contribution >= 4 is 42.5 Å². The second kappa shape index (κ2) is 6.70. The number of anilines is 1. The Morgan fingerprint density at radius 3 is 2.59 bits per heavy atom. The molecule has 0 heterocycles. The summed E-state index contributed by atoms with van der Waals surface area (Å²) >= 11 is 1.32. The second-order valence-electron chi connectivity index (χ2n) is 5.41. The van der Waals surface area contributed by atoms with Gasteiger partial charge in [-0.05, 0) is 43.8 Å². The van der Waals surface area contributed by atoms with Crippen LogP contribution in [-0.4, -0.2) is 42.1 Å². The van der Waals surface area contributed by atoms with Gasteiger partial charge in [-0.2, -0.15) is 0 Å². The average molecular weight is 323 g/mol. The number of amides is 2. The largest absolute Gasteiger partial charge is 0.490 e. The molecule has 0 bridgehead atoms. The molecule has 1 saturated carbocycles. The van der Waals surface area contributed by atoms with Gasteiger partial charge in [0.15, 0.2) is 0 Å². The predicted molar refractivity (Wildman–Crippen MR) is 86.0 cm³/mol. The van der Waals surface area contributed by atoms with E-state index < -0.39 is 13.0 Å². The van der Waals surface area contributed by atoms with Crippen LogP contribution in [0.2, 0.25) is 0 Å². The highest BCUT2D eigenvalue weighted by Gasteiger charge is 2.37. The molecule has 118 valence electrons. The van der Waals surface area contributed by atoms with Crippen molar-refractivity contribution in [2.75, 3.05) is 12.4 Å². The van der Waals surface area contributed by atoms with Gasteiger partial charge in [0.1, 0.15) is 0 Å². The molecule has 9 heteroatoms. The topological polar surface area (TPSA) is 111 Å². The Morgan fingerprint density at radius 1 is 1.41 bits per heavy atom. The molecule has 7 nitrogen and oxygen atoms in total. The van der Waals surface area contributed by atoms with Crippen molar-refractivity contribution in [1.29, 1.82) is 0 Å². The first-order chi connectivity index (χ1) is 10.4. The van der Waals surface area contributed by atoms with Crippen molar-refractivity contribution in [3.8, 4) is 0 Å². The summed E-state index contributed by atoms with van der Waals surface area (Å²) in [6.07, 6.45) is 2.54. The normalized spacial score (nSPS) is 15.1. The number of carbonyl (C=O) groups excluding carboxylic acids is 2. The molecule has 5 N–H and O–H groups in total. The first-order valence-corrected chi connectivity index (χ1v) is 7.62. The van der Waals surface area contributed by atoms with Gasteiger partial charge in [-0.15, -0.1) is 0 Å². The van der Waals surface area contributed by atoms with Gasteiger partial charge >= 0.3 is 7.12 Å². The van der Waals surface area contributed by atoms with Crippen LogP contribution in [0.25, 0.3) is 0 Å². The van der Waals surface area contributed by atoms with Crippen LogP contribution in [0.15, 0.2) is 17.0 Å². The summed E-state index contributed by atoms with van der Waals surface area (Å²) in [5, 5.41) is 23.9. The molecule has 0 radical (unpaired) electrons. The number of hydrogen-bond acceptors (Lipinski definition) is 6. The number of carbonyl (C=O) groups is 2. The van der Waals surface area contributed by atoms with Crippen molar-refractivity contribution in [2.45, 2.75) is 30.2 Å². The maximum Gasteiger partial charge on any atom is 0.490 e. The Labute approximate surface area is 133 Å². The lowest BCUT2D eigenvalue weighted by molar-refractivity contribution is -0.105. The molecule has 2 rings (SSSR count). The molecule has 1 aromatic rings. The predicted octanol–water partition coefficient (Wildman–Crippen LogP) is -0.557. The van der Waals surface area contributed by atoms with Crippen molar-refractivity contribution < 1.29 is 19.6 Å². The standard InChI is InChI=1S/C13H18BN3O4S/c1-13(3-4-13)17-22-8-5-9(12(19)15-2)11(16-7-18)10(6-8)14(20)21/h5-7,17,20-21H,3-4H2,1-2H3,(H,15,19)(H,16,18). The van der Waals surface area contributed by atoms with E-state index in [-0.39, 0.29) is 22.3 Å². The summed E-state index contributed by atoms with van der Waals surface area (Å²) in [7, 11) is -0.339. The van der Waals surface area contributed by atoms with Gasteiger partial charge in [-0.3, -0.25) is 14.3 Å². The molecule has 0 spiro atoms. The van der Waals surface area contributed by atoms with Crippen LogP contribution >= 0.6 is 11.9 Å². The maximum absolute atomic E-state index is 12.0. The summed E-state index contributed by atoms with van der Waals surface area (Å²) < 4.78 is 3.28. The van der Waals surface area contributed by atoms with E-state index in [1.165, 1.54) is 25.1 Å². The third-order valence-corrected chi connectivity index (χ3v) is 4.58. The zero-order valence-corrected chi connectivity index (χ0v) is 13.2. The van der Waals surface area contributed by atoms with Gasteiger partial charge in [0.25, 0.3) is 5.91 Å². The molecule has 2 amide bonds. The number of nitrogens with one attached hydrogen (secondary N) is 3. The first kappa shape index (κ1) is 16.8. The Balaban J connectivity index is 2.39. The van der Waals surface area contributed by atoms with E-state index in [4.69, 9.17) is 0 Å². The highest BCUT2D eigenvalue weighted by atomic mass is 32.2. The summed E-state index contributed by atoms with van der Waals surface area (Å²) in [5.41, 5.74) is 0.408. The van der Waals surface area contributed by atoms with Crippen LogP contribution in [0.4, 0.5) is 5.69 Å². The molecular weight excluding hydrogens is 305 g/mol. The fourth-order valence-electron chi connectivity index (χ4n) is 1.91. The molecular formula is C13H18BN3O4S. The maximum atomic E-state index is 12.0. The number of benzene rings is 1. The van der Waals surface area contributed by atoms with Gasteiger partial charge in [0, 0.05) is 22.9 Å². The van der Waals surface area contributed by atoms with Crippen LogP contribution in [-0.2, 0) is 4.79 Å². The second-order valence-corrected chi connectivity index (χ2v) is 6.29. The molecule has 1 aliphatic carbocycles. The van der Waals surface area contributed by atoms with Crippen LogP contribution in [0.1, 0.15) is 30.1 Å². The zero-order valence-electron chi connectivity index (χ0n) is 12.3. The molecule has 22 heavy (non-hydrogen) atoms. The van der Waals surface area contributed by atoms with Gasteiger partial charge < -0.3 is 20.7 Å². The average Bonchev–Trinajstić information content (AvgIpc) is 3.23. The molecule has 0 aliphatic heterocycles. The highest BCUT2D eigenvalue weighted by molar-refractivity contribution is 7.97. The Kier molecular flexibility index (Phi) is 5.12. The lowest BCUT2D eigenvalue weighted by Crippen LogP contribution is -2.35. The molecule has 0 atom stereocenters. The summed E-state index contributed by atoms with van der Waals surface area (Å²) in [5.74, 6) is -0.425. The van der Waals surface area contributed by atoms with Crippen LogP contribution in [0.3, 0.4) is 0 Å². The monoisotopic (exact) mass is 323 g/mol. The highest BCUT2D eigenvalue weighted by Crippen LogP contribution is 2.37. The van der Waals surface area contributed by atoms with Crippen molar-refractivity contribution in [3.63, 3.8) is 0 Å². The van der Waals surface area contributed by atoms with Crippen molar-refractivity contribution in [2.24, 2.45) is 0 Å². The van der Waals surface area contributed by atoms with E-state index in [9.17, 15) is 19.6 Å². The van der Waals surface area contributed by atoms with E-state index in [1.807, 2.05) is 0 Å². The van der Waals surface area contributed by atoms with Gasteiger partial charge in [0.2, 0.25) is 6.41 Å². The molecule has 1 fully saturated rings. The van der Waals surface area contributed by atoms with E-state index in [0.29, 0.717) is 11.3 Å². The van der Waals surface area contributed by atoms with Gasteiger partial charge in [-0.25, -0.2) is 0 Å². The quantitative estimate of drug-likeness (QED) is 0.261. The minimum absolute atomic E-state index is 0.0680. The van der Waals surface area contributed by atoms with E-state index in [2.05, 4.69) is 22.3 Å². The third kappa shape index (κ3) is 3.80. The van der Waals surface area contributed by atoms with E-state index in [1.54, 1.807) is 6.07 Å². The summed E-state index contributed by atoms with van der Waals surface area (Å²) in [6, 6.07) is 3.13. The minimum atomic E-state index is -1.80. The van der Waals surface area contributed by atoms with Crippen LogP contribution in [0.5, 0.6) is 0 Å². The lowest BCUT2D eigenvalue weighted by Gasteiger charge is -2.16. The SMILES string of the molecule is CNC(=O)c1cc(SNC2(C)CC2)cc(B(O)O)c1NC=O. The van der Waals surface area contributed by atoms with Crippen LogP contribution < -0.4 is 20.8 Å². The fraction of sp³-hybridized carbons (Fsp3) is 0.385. The van der Waals surface area contributed by atoms with Crippen molar-refractivity contribution in [1.82, 2.24) is 10.0 Å².